The molecule has 0 unspecified atom stereocenters. The van der Waals surface area contributed by atoms with Crippen molar-refractivity contribution in [2.45, 2.75) is 45.1 Å². The van der Waals surface area contributed by atoms with Crippen LogP contribution in [0.1, 0.15) is 48.5 Å². The summed E-state index contributed by atoms with van der Waals surface area (Å²) in [6, 6.07) is 8.35. The summed E-state index contributed by atoms with van der Waals surface area (Å²) in [7, 11) is 5.38. The smallest absolute Gasteiger partial charge is 0.253 e. The lowest BCUT2D eigenvalue weighted by molar-refractivity contribution is 0.0827. The molecule has 1 aromatic carbocycles. The van der Waals surface area contributed by atoms with Crippen LogP contribution in [-0.2, 0) is 6.42 Å². The van der Waals surface area contributed by atoms with Crippen molar-refractivity contribution in [2.75, 3.05) is 47.3 Å². The predicted octanol–water partition coefficient (Wildman–Crippen LogP) is 2.98. The molecule has 0 radical (unpaired) electrons. The van der Waals surface area contributed by atoms with Gasteiger partial charge in [0.1, 0.15) is 0 Å². The van der Waals surface area contributed by atoms with E-state index < -0.39 is 0 Å². The highest BCUT2D eigenvalue weighted by Gasteiger charge is 2.19. The molecule has 1 amide bonds. The number of guanidine groups is 1. The molecule has 1 aliphatic heterocycles. The van der Waals surface area contributed by atoms with Crippen molar-refractivity contribution in [1.29, 1.82) is 0 Å². The maximum Gasteiger partial charge on any atom is 0.253 e. The number of hydrogen-bond donors (Lipinski definition) is 2. The van der Waals surface area contributed by atoms with Crippen LogP contribution in [0.5, 0.6) is 0 Å². The van der Waals surface area contributed by atoms with Crippen molar-refractivity contribution >= 4 is 35.8 Å². The summed E-state index contributed by atoms with van der Waals surface area (Å²) >= 11 is 0. The molecule has 1 fully saturated rings. The molecule has 0 bridgehead atoms. The number of unbranched alkanes of at least 4 members (excludes halogenated alkanes) is 1. The molecule has 1 heterocycles. The SMILES string of the molecule is CCCCN1CCC(NC(=NC)NCCc2cccc(C(=O)N(C)C)c2)CC1.I. The van der Waals surface area contributed by atoms with Crippen molar-refractivity contribution in [1.82, 2.24) is 20.4 Å². The zero-order valence-electron chi connectivity index (χ0n) is 18.4. The van der Waals surface area contributed by atoms with Crippen LogP contribution in [0, 0.1) is 0 Å². The van der Waals surface area contributed by atoms with Gasteiger partial charge in [0.15, 0.2) is 5.96 Å². The van der Waals surface area contributed by atoms with Crippen molar-refractivity contribution in [3.05, 3.63) is 35.4 Å². The number of carbonyl (C=O) groups is 1. The van der Waals surface area contributed by atoms with E-state index in [2.05, 4.69) is 33.5 Å². The highest BCUT2D eigenvalue weighted by Crippen LogP contribution is 2.11. The number of nitrogens with zero attached hydrogens (tertiary/aromatic N) is 3. The van der Waals surface area contributed by atoms with Crippen molar-refractivity contribution in [3.63, 3.8) is 0 Å². The van der Waals surface area contributed by atoms with Gasteiger partial charge in [0.25, 0.3) is 5.91 Å². The number of likely N-dealkylation sites (tertiary alicyclic amines) is 1. The average molecular weight is 515 g/mol. The van der Waals surface area contributed by atoms with Crippen LogP contribution in [0.3, 0.4) is 0 Å². The number of hydrogen-bond acceptors (Lipinski definition) is 3. The second kappa shape index (κ2) is 13.8. The number of carbonyl (C=O) groups excluding carboxylic acids is 1. The number of halogens is 1. The van der Waals surface area contributed by atoms with Crippen molar-refractivity contribution < 1.29 is 4.79 Å². The lowest BCUT2D eigenvalue weighted by Gasteiger charge is -2.33. The van der Waals surface area contributed by atoms with Gasteiger partial charge in [-0.2, -0.15) is 0 Å². The molecule has 0 aromatic heterocycles. The molecule has 0 saturated carbocycles. The van der Waals surface area contributed by atoms with E-state index in [-0.39, 0.29) is 29.9 Å². The quantitative estimate of drug-likeness (QED) is 0.318. The summed E-state index contributed by atoms with van der Waals surface area (Å²) in [6.45, 7) is 6.60. The predicted molar refractivity (Wildman–Crippen MR) is 132 cm³/mol. The Morgan fingerprint density at radius 3 is 2.62 bits per heavy atom. The monoisotopic (exact) mass is 515 g/mol. The standard InChI is InChI=1S/C22H37N5O.HI/c1-5-6-14-27-15-11-20(12-16-27)25-22(23-2)24-13-10-18-8-7-9-19(17-18)21(28)26(3)4;/h7-9,17,20H,5-6,10-16H2,1-4H3,(H2,23,24,25);1H. The van der Waals surface area contributed by atoms with Crippen molar-refractivity contribution in [3.8, 4) is 0 Å². The maximum atomic E-state index is 12.1. The molecule has 1 aliphatic rings. The molecule has 0 spiro atoms. The minimum Gasteiger partial charge on any atom is -0.356 e. The summed E-state index contributed by atoms with van der Waals surface area (Å²) < 4.78 is 0. The van der Waals surface area contributed by atoms with Gasteiger partial charge in [0.05, 0.1) is 0 Å². The van der Waals surface area contributed by atoms with Gasteiger partial charge < -0.3 is 20.4 Å². The Balaban J connectivity index is 0.00000420. The molecule has 7 heteroatoms. The number of aliphatic imine (C=N–C) groups is 1. The number of nitrogens with one attached hydrogen (secondary N) is 2. The fourth-order valence-corrected chi connectivity index (χ4v) is 3.51. The Morgan fingerprint density at radius 1 is 1.28 bits per heavy atom. The molecule has 29 heavy (non-hydrogen) atoms. The summed E-state index contributed by atoms with van der Waals surface area (Å²) in [5.41, 5.74) is 1.89. The largest absolute Gasteiger partial charge is 0.356 e. The van der Waals surface area contributed by atoms with Crippen LogP contribution in [0.15, 0.2) is 29.3 Å². The van der Waals surface area contributed by atoms with Crippen LogP contribution in [0.25, 0.3) is 0 Å². The zero-order valence-corrected chi connectivity index (χ0v) is 20.7. The minimum absolute atomic E-state index is 0. The first-order chi connectivity index (χ1) is 13.5. The third-order valence-corrected chi connectivity index (χ3v) is 5.27. The van der Waals surface area contributed by atoms with E-state index in [1.54, 1.807) is 19.0 Å². The molecule has 0 atom stereocenters. The van der Waals surface area contributed by atoms with Crippen LogP contribution < -0.4 is 10.6 Å². The van der Waals surface area contributed by atoms with Gasteiger partial charge in [-0.15, -0.1) is 24.0 Å². The molecular formula is C22H38IN5O. The van der Waals surface area contributed by atoms with Crippen LogP contribution in [0.2, 0.25) is 0 Å². The van der Waals surface area contributed by atoms with Crippen LogP contribution in [-0.4, -0.2) is 75.0 Å². The van der Waals surface area contributed by atoms with E-state index >= 15 is 0 Å². The average Bonchev–Trinajstić information content (AvgIpc) is 2.72. The van der Waals surface area contributed by atoms with E-state index in [0.29, 0.717) is 6.04 Å². The van der Waals surface area contributed by atoms with E-state index in [0.717, 1.165) is 30.1 Å². The highest BCUT2D eigenvalue weighted by atomic mass is 127. The Morgan fingerprint density at radius 2 is 2.00 bits per heavy atom. The molecule has 2 rings (SSSR count). The Hall–Kier alpha value is -1.35. The highest BCUT2D eigenvalue weighted by molar-refractivity contribution is 14.0. The van der Waals surface area contributed by atoms with E-state index in [1.807, 2.05) is 25.2 Å². The molecule has 2 N–H and O–H groups in total. The molecule has 1 saturated heterocycles. The maximum absolute atomic E-state index is 12.1. The first-order valence-electron chi connectivity index (χ1n) is 10.5. The van der Waals surface area contributed by atoms with E-state index in [1.165, 1.54) is 45.3 Å². The molecule has 1 aromatic rings. The lowest BCUT2D eigenvalue weighted by atomic mass is 10.0. The fourth-order valence-electron chi connectivity index (χ4n) is 3.51. The number of piperidine rings is 1. The molecule has 164 valence electrons. The van der Waals surface area contributed by atoms with Gasteiger partial charge in [-0.1, -0.05) is 25.5 Å². The van der Waals surface area contributed by atoms with Gasteiger partial charge in [-0.25, -0.2) is 0 Å². The normalized spacial score (nSPS) is 15.5. The van der Waals surface area contributed by atoms with E-state index in [9.17, 15) is 4.79 Å². The van der Waals surface area contributed by atoms with Crippen LogP contribution >= 0.6 is 24.0 Å². The van der Waals surface area contributed by atoms with E-state index in [4.69, 9.17) is 0 Å². The van der Waals surface area contributed by atoms with Gasteiger partial charge in [0.2, 0.25) is 0 Å². The lowest BCUT2D eigenvalue weighted by Crippen LogP contribution is -2.49. The third-order valence-electron chi connectivity index (χ3n) is 5.27. The number of benzene rings is 1. The Bertz CT molecular complexity index is 642. The molecule has 0 aliphatic carbocycles. The van der Waals surface area contributed by atoms with Gasteiger partial charge in [-0.3, -0.25) is 9.79 Å². The zero-order chi connectivity index (χ0) is 20.4. The summed E-state index contributed by atoms with van der Waals surface area (Å²) in [6.07, 6.45) is 5.74. The van der Waals surface area contributed by atoms with Crippen LogP contribution in [0.4, 0.5) is 0 Å². The van der Waals surface area contributed by atoms with Gasteiger partial charge in [0, 0.05) is 52.4 Å². The minimum atomic E-state index is 0. The Kier molecular flexibility index (Phi) is 12.2. The molecular weight excluding hydrogens is 477 g/mol. The fraction of sp³-hybridized carbons (Fsp3) is 0.636. The second-order valence-electron chi connectivity index (χ2n) is 7.76. The first-order valence-corrected chi connectivity index (χ1v) is 10.5. The Labute approximate surface area is 193 Å². The number of amides is 1. The first kappa shape index (κ1) is 25.7. The second-order valence-corrected chi connectivity index (χ2v) is 7.76. The van der Waals surface area contributed by atoms with Crippen molar-refractivity contribution in [2.24, 2.45) is 4.99 Å². The van der Waals surface area contributed by atoms with Gasteiger partial charge in [-0.05, 0) is 49.9 Å². The van der Waals surface area contributed by atoms with Gasteiger partial charge >= 0.3 is 0 Å². The third kappa shape index (κ3) is 8.90. The topological polar surface area (TPSA) is 60.0 Å². The summed E-state index contributed by atoms with van der Waals surface area (Å²) in [4.78, 5) is 20.7. The number of rotatable bonds is 8. The molecule has 6 nitrogen and oxygen atoms in total. The summed E-state index contributed by atoms with van der Waals surface area (Å²) in [5, 5.41) is 6.98. The summed E-state index contributed by atoms with van der Waals surface area (Å²) in [5.74, 6) is 0.907.